The molecule has 0 aliphatic carbocycles. The van der Waals surface area contributed by atoms with Crippen LogP contribution in [0.25, 0.3) is 0 Å². The fourth-order valence-electron chi connectivity index (χ4n) is 1.26. The van der Waals surface area contributed by atoms with Crippen molar-refractivity contribution in [3.8, 4) is 0 Å². The van der Waals surface area contributed by atoms with Crippen molar-refractivity contribution in [1.29, 1.82) is 0 Å². The lowest BCUT2D eigenvalue weighted by molar-refractivity contribution is 0.440. The zero-order valence-corrected chi connectivity index (χ0v) is 10.7. The SMILES string of the molecule is C/C=C(/CC)OP(C(C)C)C(C)C. The molecule has 2 heteroatoms. The predicted octanol–water partition coefficient (Wildman–Crippen LogP) is 4.53. The minimum atomic E-state index is -0.298. The Hall–Kier alpha value is -0.0300. The van der Waals surface area contributed by atoms with Gasteiger partial charge >= 0.3 is 0 Å². The first-order chi connectivity index (χ1) is 6.02. The molecule has 0 heterocycles. The van der Waals surface area contributed by atoms with Crippen molar-refractivity contribution in [3.05, 3.63) is 11.8 Å². The van der Waals surface area contributed by atoms with Gasteiger partial charge in [-0.3, -0.25) is 0 Å². The van der Waals surface area contributed by atoms with E-state index in [-0.39, 0.29) is 8.15 Å². The lowest BCUT2D eigenvalue weighted by atomic mass is 10.4. The molecule has 0 N–H and O–H groups in total. The van der Waals surface area contributed by atoms with Crippen molar-refractivity contribution >= 4 is 8.15 Å². The average Bonchev–Trinajstić information content (AvgIpc) is 2.05. The van der Waals surface area contributed by atoms with Crippen LogP contribution in [0, 0.1) is 0 Å². The molecule has 0 saturated carbocycles. The van der Waals surface area contributed by atoms with Gasteiger partial charge in [0.15, 0.2) is 0 Å². The summed E-state index contributed by atoms with van der Waals surface area (Å²) in [6.07, 6.45) is 3.09. The van der Waals surface area contributed by atoms with Crippen LogP contribution >= 0.6 is 8.15 Å². The number of hydrogen-bond acceptors (Lipinski definition) is 1. The van der Waals surface area contributed by atoms with Gasteiger partial charge < -0.3 is 4.52 Å². The molecule has 0 aromatic carbocycles. The molecule has 0 unspecified atom stereocenters. The Morgan fingerprint density at radius 3 is 1.92 bits per heavy atom. The Labute approximate surface area is 84.4 Å². The first-order valence-electron chi connectivity index (χ1n) is 5.14. The highest BCUT2D eigenvalue weighted by Crippen LogP contribution is 2.49. The molecule has 0 aromatic heterocycles. The number of rotatable bonds is 5. The highest BCUT2D eigenvalue weighted by molar-refractivity contribution is 7.54. The average molecular weight is 202 g/mol. The second-order valence-electron chi connectivity index (χ2n) is 3.75. The van der Waals surface area contributed by atoms with Gasteiger partial charge in [-0.15, -0.1) is 0 Å². The molecular weight excluding hydrogens is 179 g/mol. The maximum atomic E-state index is 6.00. The summed E-state index contributed by atoms with van der Waals surface area (Å²) in [5.74, 6) is 1.15. The minimum absolute atomic E-state index is 0.298. The van der Waals surface area contributed by atoms with Crippen LogP contribution < -0.4 is 0 Å². The molecule has 0 spiro atoms. The molecule has 0 fully saturated rings. The van der Waals surface area contributed by atoms with Gasteiger partial charge in [0.05, 0.1) is 13.9 Å². The zero-order valence-electron chi connectivity index (χ0n) is 9.79. The molecule has 0 rings (SSSR count). The van der Waals surface area contributed by atoms with Crippen LogP contribution in [-0.2, 0) is 4.52 Å². The first kappa shape index (κ1) is 13.0. The molecule has 0 saturated heterocycles. The highest BCUT2D eigenvalue weighted by atomic mass is 31.1. The molecule has 0 atom stereocenters. The van der Waals surface area contributed by atoms with Crippen molar-refractivity contribution in [2.75, 3.05) is 0 Å². The summed E-state index contributed by atoms with van der Waals surface area (Å²) in [6, 6.07) is 0. The van der Waals surface area contributed by atoms with E-state index in [1.807, 2.05) is 6.92 Å². The van der Waals surface area contributed by atoms with Gasteiger partial charge in [-0.25, -0.2) is 0 Å². The quantitative estimate of drug-likeness (QED) is 0.470. The summed E-state index contributed by atoms with van der Waals surface area (Å²) >= 11 is 0. The normalized spacial score (nSPS) is 13.2. The van der Waals surface area contributed by atoms with Gasteiger partial charge in [-0.1, -0.05) is 34.6 Å². The summed E-state index contributed by atoms with van der Waals surface area (Å²) in [5, 5.41) is 0. The monoisotopic (exact) mass is 202 g/mol. The van der Waals surface area contributed by atoms with E-state index >= 15 is 0 Å². The van der Waals surface area contributed by atoms with Gasteiger partial charge in [-0.2, -0.15) is 0 Å². The second-order valence-corrected chi connectivity index (χ2v) is 6.72. The summed E-state index contributed by atoms with van der Waals surface area (Å²) < 4.78 is 6.00. The molecule has 0 aliphatic heterocycles. The van der Waals surface area contributed by atoms with Crippen molar-refractivity contribution < 1.29 is 4.52 Å². The van der Waals surface area contributed by atoms with Crippen LogP contribution in [0.5, 0.6) is 0 Å². The minimum Gasteiger partial charge on any atom is -0.478 e. The van der Waals surface area contributed by atoms with Crippen LogP contribution in [0.1, 0.15) is 48.0 Å². The Bertz CT molecular complexity index is 153. The molecule has 0 aromatic rings. The summed E-state index contributed by atoms with van der Waals surface area (Å²) in [5.41, 5.74) is 1.30. The Kier molecular flexibility index (Phi) is 6.41. The van der Waals surface area contributed by atoms with E-state index in [2.05, 4.69) is 40.7 Å². The maximum absolute atomic E-state index is 6.00. The lowest BCUT2D eigenvalue weighted by Gasteiger charge is -2.26. The molecule has 13 heavy (non-hydrogen) atoms. The van der Waals surface area contributed by atoms with Gasteiger partial charge in [0.2, 0.25) is 0 Å². The van der Waals surface area contributed by atoms with E-state index in [1.54, 1.807) is 0 Å². The largest absolute Gasteiger partial charge is 0.478 e. The smallest absolute Gasteiger partial charge is 0.0954 e. The fraction of sp³-hybridized carbons (Fsp3) is 0.818. The highest BCUT2D eigenvalue weighted by Gasteiger charge is 2.19. The van der Waals surface area contributed by atoms with Crippen molar-refractivity contribution in [2.45, 2.75) is 59.3 Å². The molecular formula is C11H23OP. The number of hydrogen-bond donors (Lipinski definition) is 0. The molecule has 0 amide bonds. The Morgan fingerprint density at radius 2 is 1.69 bits per heavy atom. The summed E-state index contributed by atoms with van der Waals surface area (Å²) in [6.45, 7) is 13.2. The Morgan fingerprint density at radius 1 is 1.23 bits per heavy atom. The van der Waals surface area contributed by atoms with Crippen LogP contribution in [0.2, 0.25) is 0 Å². The Balaban J connectivity index is 4.25. The molecule has 0 radical (unpaired) electrons. The summed E-state index contributed by atoms with van der Waals surface area (Å²) in [7, 11) is -0.298. The molecule has 0 bridgehead atoms. The molecule has 78 valence electrons. The lowest BCUT2D eigenvalue weighted by Crippen LogP contribution is -2.06. The molecule has 1 nitrogen and oxygen atoms in total. The van der Waals surface area contributed by atoms with Crippen LogP contribution in [0.3, 0.4) is 0 Å². The third kappa shape index (κ3) is 4.67. The third-order valence-electron chi connectivity index (χ3n) is 1.91. The summed E-state index contributed by atoms with van der Waals surface area (Å²) in [4.78, 5) is 0. The van der Waals surface area contributed by atoms with E-state index in [1.165, 1.54) is 0 Å². The van der Waals surface area contributed by atoms with Crippen LogP contribution in [0.15, 0.2) is 11.8 Å². The second kappa shape index (κ2) is 6.43. The maximum Gasteiger partial charge on any atom is 0.0954 e. The third-order valence-corrected chi connectivity index (χ3v) is 4.39. The topological polar surface area (TPSA) is 9.23 Å². The van der Waals surface area contributed by atoms with E-state index < -0.39 is 0 Å². The first-order valence-corrected chi connectivity index (χ1v) is 6.54. The van der Waals surface area contributed by atoms with Crippen LogP contribution in [-0.4, -0.2) is 11.3 Å². The van der Waals surface area contributed by atoms with Crippen molar-refractivity contribution in [2.24, 2.45) is 0 Å². The standard InChI is InChI=1S/C11H23OP/c1-7-11(8-2)12-13(9(3)4)10(5)6/h7,9-10H,8H2,1-6H3/b11-7-. The van der Waals surface area contributed by atoms with Gasteiger partial charge in [-0.05, 0) is 13.0 Å². The number of allylic oxidation sites excluding steroid dienone is 2. The predicted molar refractivity (Wildman–Crippen MR) is 62.3 cm³/mol. The van der Waals surface area contributed by atoms with Crippen LogP contribution in [0.4, 0.5) is 0 Å². The van der Waals surface area contributed by atoms with Gasteiger partial charge in [0, 0.05) is 17.7 Å². The van der Waals surface area contributed by atoms with E-state index in [9.17, 15) is 0 Å². The van der Waals surface area contributed by atoms with Crippen molar-refractivity contribution in [3.63, 3.8) is 0 Å². The van der Waals surface area contributed by atoms with Gasteiger partial charge in [0.25, 0.3) is 0 Å². The molecule has 0 aliphatic rings. The van der Waals surface area contributed by atoms with Gasteiger partial charge in [0.1, 0.15) is 0 Å². The van der Waals surface area contributed by atoms with Crippen molar-refractivity contribution in [1.82, 2.24) is 0 Å². The van der Waals surface area contributed by atoms with E-state index in [0.717, 1.165) is 12.2 Å². The van der Waals surface area contributed by atoms with E-state index in [4.69, 9.17) is 4.52 Å². The fourth-order valence-corrected chi connectivity index (χ4v) is 3.38. The zero-order chi connectivity index (χ0) is 10.4. The van der Waals surface area contributed by atoms with E-state index in [0.29, 0.717) is 11.3 Å².